The van der Waals surface area contributed by atoms with E-state index in [0.29, 0.717) is 19.3 Å². The summed E-state index contributed by atoms with van der Waals surface area (Å²) in [4.78, 5) is 0. The third-order valence-electron chi connectivity index (χ3n) is 3.80. The van der Waals surface area contributed by atoms with E-state index in [0.717, 1.165) is 28.9 Å². The Labute approximate surface area is 129 Å². The van der Waals surface area contributed by atoms with Crippen LogP contribution in [0.3, 0.4) is 0 Å². The number of halogens is 1. The lowest BCUT2D eigenvalue weighted by Crippen LogP contribution is -2.30. The van der Waals surface area contributed by atoms with E-state index in [4.69, 9.17) is 4.74 Å². The van der Waals surface area contributed by atoms with Crippen LogP contribution in [0, 0.1) is 5.92 Å². The third kappa shape index (κ3) is 5.43. The summed E-state index contributed by atoms with van der Waals surface area (Å²) in [5.41, 5.74) is 1.01. The zero-order chi connectivity index (χ0) is 14.4. The van der Waals surface area contributed by atoms with Gasteiger partial charge in [-0.25, -0.2) is 0 Å². The predicted molar refractivity (Wildman–Crippen MR) is 86.0 cm³/mol. The van der Waals surface area contributed by atoms with Crippen LogP contribution in [0.5, 0.6) is 0 Å². The molecule has 0 aromatic heterocycles. The summed E-state index contributed by atoms with van der Waals surface area (Å²) in [7, 11) is 0. The smallest absolute Gasteiger partial charge is 0.0945 e. The lowest BCUT2D eigenvalue weighted by atomic mass is 9.89. The summed E-state index contributed by atoms with van der Waals surface area (Å²) in [6.07, 6.45) is 4.70. The Balaban J connectivity index is 1.65. The minimum absolute atomic E-state index is 0.334. The molecular formula is C16H24BrNO2. The fourth-order valence-corrected chi connectivity index (χ4v) is 2.90. The molecule has 0 radical (unpaired) electrons. The van der Waals surface area contributed by atoms with Gasteiger partial charge < -0.3 is 15.2 Å². The number of aliphatic hydroxyl groups is 1. The van der Waals surface area contributed by atoms with E-state index in [-0.39, 0.29) is 0 Å². The third-order valence-corrected chi connectivity index (χ3v) is 4.33. The second kappa shape index (κ2) is 8.01. The molecule has 0 saturated heterocycles. The van der Waals surface area contributed by atoms with Crippen molar-refractivity contribution in [2.45, 2.75) is 44.8 Å². The fourth-order valence-electron chi connectivity index (χ4n) is 2.64. The molecule has 0 heterocycles. The Morgan fingerprint density at radius 3 is 2.80 bits per heavy atom. The van der Waals surface area contributed by atoms with Crippen molar-refractivity contribution in [3.63, 3.8) is 0 Å². The number of ether oxygens (including phenoxy) is 1. The quantitative estimate of drug-likeness (QED) is 0.826. The number of hydrogen-bond donors (Lipinski definition) is 2. The van der Waals surface area contributed by atoms with Gasteiger partial charge in [0.05, 0.1) is 18.8 Å². The fraction of sp³-hybridized carbons (Fsp3) is 0.625. The predicted octanol–water partition coefficient (Wildman–Crippen LogP) is 3.82. The number of rotatable bonds is 6. The summed E-state index contributed by atoms with van der Waals surface area (Å²) >= 11 is 3.40. The maximum atomic E-state index is 9.96. The van der Waals surface area contributed by atoms with Crippen LogP contribution < -0.4 is 5.32 Å². The zero-order valence-electron chi connectivity index (χ0n) is 12.0. The maximum Gasteiger partial charge on any atom is 0.0945 e. The molecule has 3 nitrogen and oxygen atoms in total. The first-order valence-electron chi connectivity index (χ1n) is 7.42. The second-order valence-electron chi connectivity index (χ2n) is 5.77. The molecule has 4 heteroatoms. The standard InChI is InChI=1S/C16H24BrNO2/c1-12-3-2-4-16(9-12)20-11-15(19)10-18-14-7-5-13(17)6-8-14/h5-8,12,15-16,18-19H,2-4,9-11H2,1H3. The summed E-state index contributed by atoms with van der Waals surface area (Å²) in [6, 6.07) is 7.93. The van der Waals surface area contributed by atoms with E-state index in [1.165, 1.54) is 12.8 Å². The second-order valence-corrected chi connectivity index (χ2v) is 6.68. The molecule has 1 aliphatic carbocycles. The first-order chi connectivity index (χ1) is 9.63. The van der Waals surface area contributed by atoms with Crippen molar-refractivity contribution >= 4 is 21.6 Å². The lowest BCUT2D eigenvalue weighted by Gasteiger charge is -2.27. The molecule has 1 fully saturated rings. The van der Waals surface area contributed by atoms with E-state index in [2.05, 4.69) is 28.2 Å². The number of anilines is 1. The Hall–Kier alpha value is -0.580. The lowest BCUT2D eigenvalue weighted by molar-refractivity contribution is -0.0274. The zero-order valence-corrected chi connectivity index (χ0v) is 13.6. The van der Waals surface area contributed by atoms with Gasteiger partial charge in [-0.05, 0) is 43.0 Å². The molecule has 1 aromatic rings. The van der Waals surface area contributed by atoms with Gasteiger partial charge in [0.25, 0.3) is 0 Å². The van der Waals surface area contributed by atoms with E-state index in [1.807, 2.05) is 24.3 Å². The SMILES string of the molecule is CC1CCCC(OCC(O)CNc2ccc(Br)cc2)C1. The van der Waals surface area contributed by atoms with Crippen LogP contribution in [-0.2, 0) is 4.74 Å². The van der Waals surface area contributed by atoms with Crippen LogP contribution in [0.1, 0.15) is 32.6 Å². The Bertz CT molecular complexity index is 396. The minimum Gasteiger partial charge on any atom is -0.389 e. The van der Waals surface area contributed by atoms with E-state index < -0.39 is 6.10 Å². The van der Waals surface area contributed by atoms with Gasteiger partial charge in [0.15, 0.2) is 0 Å². The minimum atomic E-state index is -0.462. The highest BCUT2D eigenvalue weighted by Crippen LogP contribution is 2.25. The first-order valence-corrected chi connectivity index (χ1v) is 8.22. The van der Waals surface area contributed by atoms with E-state index in [9.17, 15) is 5.11 Å². The van der Waals surface area contributed by atoms with Crippen molar-refractivity contribution in [2.75, 3.05) is 18.5 Å². The molecule has 3 unspecified atom stereocenters. The van der Waals surface area contributed by atoms with Crippen LogP contribution in [-0.4, -0.2) is 30.5 Å². The number of aliphatic hydroxyl groups excluding tert-OH is 1. The normalized spacial score (nSPS) is 24.4. The molecule has 1 saturated carbocycles. The summed E-state index contributed by atoms with van der Waals surface area (Å²) < 4.78 is 6.88. The molecule has 3 atom stereocenters. The molecular weight excluding hydrogens is 318 g/mol. The monoisotopic (exact) mass is 341 g/mol. The van der Waals surface area contributed by atoms with Gasteiger partial charge in [0.2, 0.25) is 0 Å². The van der Waals surface area contributed by atoms with Crippen molar-refractivity contribution in [3.05, 3.63) is 28.7 Å². The highest BCUT2D eigenvalue weighted by atomic mass is 79.9. The van der Waals surface area contributed by atoms with Gasteiger partial charge in [0.1, 0.15) is 0 Å². The van der Waals surface area contributed by atoms with E-state index >= 15 is 0 Å². The summed E-state index contributed by atoms with van der Waals surface area (Å²) in [5.74, 6) is 0.756. The molecule has 0 amide bonds. The molecule has 0 bridgehead atoms. The highest BCUT2D eigenvalue weighted by Gasteiger charge is 2.20. The summed E-state index contributed by atoms with van der Waals surface area (Å²) in [6.45, 7) is 3.21. The van der Waals surface area contributed by atoms with Crippen molar-refractivity contribution < 1.29 is 9.84 Å². The number of hydrogen-bond acceptors (Lipinski definition) is 3. The molecule has 1 aromatic carbocycles. The van der Waals surface area contributed by atoms with Crippen molar-refractivity contribution in [1.82, 2.24) is 0 Å². The Morgan fingerprint density at radius 1 is 1.35 bits per heavy atom. The van der Waals surface area contributed by atoms with Crippen LogP contribution >= 0.6 is 15.9 Å². The van der Waals surface area contributed by atoms with Crippen LogP contribution in [0.15, 0.2) is 28.7 Å². The van der Waals surface area contributed by atoms with Gasteiger partial charge in [-0.1, -0.05) is 35.7 Å². The van der Waals surface area contributed by atoms with Gasteiger partial charge in [-0.2, -0.15) is 0 Å². The van der Waals surface area contributed by atoms with E-state index in [1.54, 1.807) is 0 Å². The van der Waals surface area contributed by atoms with Crippen molar-refractivity contribution in [3.8, 4) is 0 Å². The van der Waals surface area contributed by atoms with Gasteiger partial charge >= 0.3 is 0 Å². The van der Waals surface area contributed by atoms with Gasteiger partial charge in [-0.15, -0.1) is 0 Å². The number of nitrogens with one attached hydrogen (secondary N) is 1. The molecule has 20 heavy (non-hydrogen) atoms. The maximum absolute atomic E-state index is 9.96. The topological polar surface area (TPSA) is 41.5 Å². The number of benzene rings is 1. The molecule has 0 spiro atoms. The van der Waals surface area contributed by atoms with Gasteiger partial charge in [0, 0.05) is 16.7 Å². The highest BCUT2D eigenvalue weighted by molar-refractivity contribution is 9.10. The van der Waals surface area contributed by atoms with Crippen LogP contribution in [0.4, 0.5) is 5.69 Å². The Kier molecular flexibility index (Phi) is 6.33. The largest absolute Gasteiger partial charge is 0.389 e. The molecule has 2 rings (SSSR count). The van der Waals surface area contributed by atoms with Crippen molar-refractivity contribution in [2.24, 2.45) is 5.92 Å². The van der Waals surface area contributed by atoms with Gasteiger partial charge in [-0.3, -0.25) is 0 Å². The Morgan fingerprint density at radius 2 is 2.10 bits per heavy atom. The molecule has 2 N–H and O–H groups in total. The average Bonchev–Trinajstić information content (AvgIpc) is 2.45. The summed E-state index contributed by atoms with van der Waals surface area (Å²) in [5, 5.41) is 13.2. The average molecular weight is 342 g/mol. The van der Waals surface area contributed by atoms with Crippen LogP contribution in [0.2, 0.25) is 0 Å². The van der Waals surface area contributed by atoms with Crippen molar-refractivity contribution in [1.29, 1.82) is 0 Å². The molecule has 0 aliphatic heterocycles. The first kappa shape index (κ1) is 15.8. The molecule has 1 aliphatic rings. The molecule has 112 valence electrons. The van der Waals surface area contributed by atoms with Crippen LogP contribution in [0.25, 0.3) is 0 Å².